The third-order valence-electron chi connectivity index (χ3n) is 3.55. The Bertz CT molecular complexity index is 614. The Morgan fingerprint density at radius 1 is 1.50 bits per heavy atom. The van der Waals surface area contributed by atoms with Gasteiger partial charge >= 0.3 is 0 Å². The molecule has 1 aliphatic carbocycles. The highest BCUT2D eigenvalue weighted by Crippen LogP contribution is 2.36. The van der Waals surface area contributed by atoms with Crippen LogP contribution in [0.3, 0.4) is 0 Å². The highest BCUT2D eigenvalue weighted by Gasteiger charge is 2.23. The van der Waals surface area contributed by atoms with Crippen LogP contribution in [0.1, 0.15) is 35.1 Å². The SMILES string of the molecule is CN(Cc1cccc(Br)c1)c1nc2c(s1)CCCC2O. The summed E-state index contributed by atoms with van der Waals surface area (Å²) in [5.41, 5.74) is 2.15. The maximum Gasteiger partial charge on any atom is 0.185 e. The molecule has 2 aromatic rings. The van der Waals surface area contributed by atoms with Crippen LogP contribution in [0, 0.1) is 0 Å². The Hall–Kier alpha value is -0.910. The number of fused-ring (bicyclic) bond motifs is 1. The van der Waals surface area contributed by atoms with Gasteiger partial charge in [-0.15, -0.1) is 11.3 Å². The number of hydrogen-bond donors (Lipinski definition) is 1. The van der Waals surface area contributed by atoms with Gasteiger partial charge in [0.15, 0.2) is 5.13 Å². The van der Waals surface area contributed by atoms with Crippen LogP contribution in [0.15, 0.2) is 28.7 Å². The minimum Gasteiger partial charge on any atom is -0.387 e. The summed E-state index contributed by atoms with van der Waals surface area (Å²) >= 11 is 5.21. The predicted molar refractivity (Wildman–Crippen MR) is 86.3 cm³/mol. The van der Waals surface area contributed by atoms with Crippen LogP contribution in [-0.4, -0.2) is 17.1 Å². The largest absolute Gasteiger partial charge is 0.387 e. The molecule has 20 heavy (non-hydrogen) atoms. The van der Waals surface area contributed by atoms with Gasteiger partial charge in [-0.25, -0.2) is 4.98 Å². The van der Waals surface area contributed by atoms with Gasteiger partial charge in [-0.2, -0.15) is 0 Å². The van der Waals surface area contributed by atoms with Crippen LogP contribution in [-0.2, 0) is 13.0 Å². The Labute approximate surface area is 131 Å². The van der Waals surface area contributed by atoms with Gasteiger partial charge in [-0.05, 0) is 37.0 Å². The zero-order chi connectivity index (χ0) is 14.1. The average molecular weight is 353 g/mol. The Balaban J connectivity index is 1.79. The fraction of sp³-hybridized carbons (Fsp3) is 0.400. The molecule has 1 aromatic carbocycles. The third kappa shape index (κ3) is 2.90. The fourth-order valence-corrected chi connectivity index (χ4v) is 4.09. The summed E-state index contributed by atoms with van der Waals surface area (Å²) < 4.78 is 1.09. The molecule has 5 heteroatoms. The van der Waals surface area contributed by atoms with E-state index in [1.807, 2.05) is 12.1 Å². The van der Waals surface area contributed by atoms with Gasteiger partial charge in [0.05, 0.1) is 11.8 Å². The van der Waals surface area contributed by atoms with Crippen molar-refractivity contribution in [3.8, 4) is 0 Å². The van der Waals surface area contributed by atoms with Crippen molar-refractivity contribution in [2.24, 2.45) is 0 Å². The number of nitrogens with zero attached hydrogens (tertiary/aromatic N) is 2. The predicted octanol–water partition coefficient (Wildman–Crippen LogP) is 3.91. The van der Waals surface area contributed by atoms with Crippen molar-refractivity contribution in [2.75, 3.05) is 11.9 Å². The molecule has 1 unspecified atom stereocenters. The minimum absolute atomic E-state index is 0.372. The molecule has 106 valence electrons. The van der Waals surface area contributed by atoms with Gasteiger partial charge in [0.1, 0.15) is 0 Å². The van der Waals surface area contributed by atoms with Crippen molar-refractivity contribution < 1.29 is 5.11 Å². The van der Waals surface area contributed by atoms with E-state index in [2.05, 4.69) is 45.0 Å². The van der Waals surface area contributed by atoms with Crippen molar-refractivity contribution in [3.63, 3.8) is 0 Å². The molecule has 3 nitrogen and oxygen atoms in total. The number of aryl methyl sites for hydroxylation is 1. The molecule has 0 radical (unpaired) electrons. The van der Waals surface area contributed by atoms with Crippen molar-refractivity contribution in [1.82, 2.24) is 4.98 Å². The third-order valence-corrected chi connectivity index (χ3v) is 5.29. The van der Waals surface area contributed by atoms with Gasteiger partial charge in [0.25, 0.3) is 0 Å². The van der Waals surface area contributed by atoms with Crippen LogP contribution in [0.5, 0.6) is 0 Å². The van der Waals surface area contributed by atoms with E-state index in [1.54, 1.807) is 11.3 Å². The quantitative estimate of drug-likeness (QED) is 0.909. The molecule has 1 aliphatic rings. The minimum atomic E-state index is -0.372. The van der Waals surface area contributed by atoms with Crippen LogP contribution >= 0.6 is 27.3 Å². The maximum absolute atomic E-state index is 10.0. The van der Waals surface area contributed by atoms with Gasteiger partial charge in [-0.1, -0.05) is 28.1 Å². The molecule has 3 rings (SSSR count). The van der Waals surface area contributed by atoms with E-state index in [4.69, 9.17) is 0 Å². The molecule has 0 saturated carbocycles. The van der Waals surface area contributed by atoms with E-state index in [0.29, 0.717) is 0 Å². The fourth-order valence-electron chi connectivity index (χ4n) is 2.52. The summed E-state index contributed by atoms with van der Waals surface area (Å²) in [5, 5.41) is 11.0. The second-order valence-corrected chi connectivity index (χ2v) is 7.18. The number of thiazole rings is 1. The number of aliphatic hydroxyl groups excluding tert-OH is 1. The van der Waals surface area contributed by atoms with E-state index in [-0.39, 0.29) is 6.10 Å². The highest BCUT2D eigenvalue weighted by molar-refractivity contribution is 9.10. The molecule has 1 atom stereocenters. The van der Waals surface area contributed by atoms with Crippen LogP contribution in [0.2, 0.25) is 0 Å². The standard InChI is InChI=1S/C15H17BrN2OS/c1-18(9-10-4-2-5-11(16)8-10)15-17-14-12(19)6-3-7-13(14)20-15/h2,4-5,8,12,19H,3,6-7,9H2,1H3. The van der Waals surface area contributed by atoms with Gasteiger partial charge in [0.2, 0.25) is 0 Å². The second kappa shape index (κ2) is 5.84. The Morgan fingerprint density at radius 2 is 2.35 bits per heavy atom. The Kier molecular flexibility index (Phi) is 4.10. The molecule has 1 heterocycles. The summed E-state index contributed by atoms with van der Waals surface area (Å²) in [6, 6.07) is 8.31. The number of anilines is 1. The van der Waals surface area contributed by atoms with Crippen molar-refractivity contribution in [1.29, 1.82) is 0 Å². The lowest BCUT2D eigenvalue weighted by Gasteiger charge is -2.16. The average Bonchev–Trinajstić information content (AvgIpc) is 2.84. The van der Waals surface area contributed by atoms with E-state index in [1.165, 1.54) is 10.4 Å². The monoisotopic (exact) mass is 352 g/mol. The maximum atomic E-state index is 10.0. The Morgan fingerprint density at radius 3 is 3.10 bits per heavy atom. The second-order valence-electron chi connectivity index (χ2n) is 5.20. The summed E-state index contributed by atoms with van der Waals surface area (Å²) in [7, 11) is 2.05. The number of benzene rings is 1. The molecule has 0 amide bonds. The van der Waals surface area contributed by atoms with Crippen molar-refractivity contribution in [3.05, 3.63) is 44.9 Å². The zero-order valence-corrected chi connectivity index (χ0v) is 13.7. The molecule has 0 bridgehead atoms. The molecule has 0 saturated heterocycles. The van der Waals surface area contributed by atoms with E-state index in [0.717, 1.165) is 41.1 Å². The number of hydrogen-bond acceptors (Lipinski definition) is 4. The molecule has 1 aromatic heterocycles. The van der Waals surface area contributed by atoms with Crippen LogP contribution in [0.4, 0.5) is 5.13 Å². The normalized spacial score (nSPS) is 17.9. The number of aliphatic hydroxyl groups is 1. The first kappa shape index (κ1) is 14.0. The topological polar surface area (TPSA) is 36.4 Å². The number of aromatic nitrogens is 1. The smallest absolute Gasteiger partial charge is 0.185 e. The van der Waals surface area contributed by atoms with E-state index < -0.39 is 0 Å². The highest BCUT2D eigenvalue weighted by atomic mass is 79.9. The lowest BCUT2D eigenvalue weighted by molar-refractivity contribution is 0.153. The lowest BCUT2D eigenvalue weighted by Crippen LogP contribution is -2.16. The zero-order valence-electron chi connectivity index (χ0n) is 11.3. The van der Waals surface area contributed by atoms with Crippen LogP contribution in [0.25, 0.3) is 0 Å². The summed E-state index contributed by atoms with van der Waals surface area (Å²) in [4.78, 5) is 8.03. The van der Waals surface area contributed by atoms with Gasteiger partial charge < -0.3 is 10.0 Å². The molecule has 0 aliphatic heterocycles. The molecular weight excluding hydrogens is 336 g/mol. The van der Waals surface area contributed by atoms with E-state index >= 15 is 0 Å². The van der Waals surface area contributed by atoms with E-state index in [9.17, 15) is 5.11 Å². The molecular formula is C15H17BrN2OS. The number of halogens is 1. The first-order valence-electron chi connectivity index (χ1n) is 6.77. The van der Waals surface area contributed by atoms with Crippen LogP contribution < -0.4 is 4.90 Å². The lowest BCUT2D eigenvalue weighted by atomic mass is 10.0. The summed E-state index contributed by atoms with van der Waals surface area (Å²) in [6.45, 7) is 0.821. The summed E-state index contributed by atoms with van der Waals surface area (Å²) in [6.07, 6.45) is 2.58. The van der Waals surface area contributed by atoms with Gasteiger partial charge in [0, 0.05) is 22.9 Å². The first-order valence-corrected chi connectivity index (χ1v) is 8.37. The number of rotatable bonds is 3. The van der Waals surface area contributed by atoms with Crippen molar-refractivity contribution in [2.45, 2.75) is 31.9 Å². The first-order chi connectivity index (χ1) is 9.63. The molecule has 0 spiro atoms. The van der Waals surface area contributed by atoms with Crippen molar-refractivity contribution >= 4 is 32.4 Å². The summed E-state index contributed by atoms with van der Waals surface area (Å²) in [5.74, 6) is 0. The van der Waals surface area contributed by atoms with Gasteiger partial charge in [-0.3, -0.25) is 0 Å². The molecule has 1 N–H and O–H groups in total. The molecule has 0 fully saturated rings.